The Kier molecular flexibility index (Phi) is 6.12. The summed E-state index contributed by atoms with van der Waals surface area (Å²) in [6.07, 6.45) is 2.18. The van der Waals surface area contributed by atoms with Gasteiger partial charge in [0, 0.05) is 24.8 Å². The smallest absolute Gasteiger partial charge is 0.257 e. The van der Waals surface area contributed by atoms with Gasteiger partial charge >= 0.3 is 0 Å². The number of nitrogens with one attached hydrogen (secondary N) is 1. The van der Waals surface area contributed by atoms with Crippen molar-refractivity contribution in [2.75, 3.05) is 25.0 Å². The number of nitrogens with zero attached hydrogens (tertiary/aromatic N) is 1. The molecule has 0 spiro atoms. The number of ether oxygens (including phenoxy) is 1. The number of halogens is 2. The SMILES string of the molecule is CCN1CCC(Oc2cccc(NC(=O)c3ccc(F)cc3Cl)c2)CC1. The average molecular weight is 377 g/mol. The van der Waals surface area contributed by atoms with E-state index in [1.54, 1.807) is 12.1 Å². The molecule has 0 aromatic heterocycles. The van der Waals surface area contributed by atoms with E-state index in [9.17, 15) is 9.18 Å². The Morgan fingerprint density at radius 3 is 2.73 bits per heavy atom. The minimum Gasteiger partial charge on any atom is -0.490 e. The van der Waals surface area contributed by atoms with E-state index >= 15 is 0 Å². The summed E-state index contributed by atoms with van der Waals surface area (Å²) in [7, 11) is 0. The van der Waals surface area contributed by atoms with E-state index < -0.39 is 5.82 Å². The molecule has 26 heavy (non-hydrogen) atoms. The second kappa shape index (κ2) is 8.52. The van der Waals surface area contributed by atoms with Crippen LogP contribution in [0, 0.1) is 5.82 Å². The van der Waals surface area contributed by atoms with Crippen molar-refractivity contribution in [1.82, 2.24) is 4.90 Å². The molecule has 6 heteroatoms. The van der Waals surface area contributed by atoms with Crippen LogP contribution in [0.3, 0.4) is 0 Å². The molecule has 0 aliphatic carbocycles. The lowest BCUT2D eigenvalue weighted by Crippen LogP contribution is -2.37. The molecule has 0 bridgehead atoms. The monoisotopic (exact) mass is 376 g/mol. The predicted molar refractivity (Wildman–Crippen MR) is 102 cm³/mol. The molecule has 2 aromatic carbocycles. The summed E-state index contributed by atoms with van der Waals surface area (Å²) in [6, 6.07) is 11.0. The van der Waals surface area contributed by atoms with Gasteiger partial charge in [0.1, 0.15) is 17.7 Å². The largest absolute Gasteiger partial charge is 0.490 e. The fraction of sp³-hybridized carbons (Fsp3) is 0.350. The molecule has 1 aliphatic heterocycles. The van der Waals surface area contributed by atoms with Crippen LogP contribution < -0.4 is 10.1 Å². The molecule has 0 saturated carbocycles. The Morgan fingerprint density at radius 1 is 1.27 bits per heavy atom. The maximum absolute atomic E-state index is 13.1. The number of benzene rings is 2. The van der Waals surface area contributed by atoms with E-state index in [1.165, 1.54) is 12.1 Å². The van der Waals surface area contributed by atoms with Gasteiger partial charge in [-0.25, -0.2) is 4.39 Å². The number of hydrogen-bond acceptors (Lipinski definition) is 3. The molecule has 0 radical (unpaired) electrons. The first kappa shape index (κ1) is 18.7. The number of carbonyl (C=O) groups excluding carboxylic acids is 1. The summed E-state index contributed by atoms with van der Waals surface area (Å²) in [5, 5.41) is 2.86. The number of carbonyl (C=O) groups is 1. The quantitative estimate of drug-likeness (QED) is 0.829. The van der Waals surface area contributed by atoms with Crippen molar-refractivity contribution in [1.29, 1.82) is 0 Å². The van der Waals surface area contributed by atoms with Gasteiger partial charge in [-0.3, -0.25) is 4.79 Å². The Labute approximate surface area is 157 Å². The van der Waals surface area contributed by atoms with Crippen LogP contribution in [-0.4, -0.2) is 36.5 Å². The van der Waals surface area contributed by atoms with Gasteiger partial charge in [0.15, 0.2) is 0 Å². The highest BCUT2D eigenvalue weighted by molar-refractivity contribution is 6.34. The number of likely N-dealkylation sites (tertiary alicyclic amines) is 1. The summed E-state index contributed by atoms with van der Waals surface area (Å²) in [4.78, 5) is 14.8. The standard InChI is InChI=1S/C20H22ClFN2O2/c1-2-24-10-8-16(9-11-24)26-17-5-3-4-15(13-17)23-20(25)18-7-6-14(22)12-19(18)21/h3-7,12-13,16H,2,8-11H2,1H3,(H,23,25). The summed E-state index contributed by atoms with van der Waals surface area (Å²) < 4.78 is 19.2. The molecule has 4 nitrogen and oxygen atoms in total. The van der Waals surface area contributed by atoms with Gasteiger partial charge in [0.05, 0.1) is 10.6 Å². The molecule has 2 aromatic rings. The van der Waals surface area contributed by atoms with Crippen molar-refractivity contribution in [3.8, 4) is 5.75 Å². The molecule has 1 heterocycles. The van der Waals surface area contributed by atoms with Crippen molar-refractivity contribution < 1.29 is 13.9 Å². The van der Waals surface area contributed by atoms with Crippen LogP contribution in [0.5, 0.6) is 5.75 Å². The molecule has 1 aliphatic rings. The van der Waals surface area contributed by atoms with Crippen molar-refractivity contribution in [3.63, 3.8) is 0 Å². The Bertz CT molecular complexity index is 776. The molecule has 1 saturated heterocycles. The topological polar surface area (TPSA) is 41.6 Å². The first-order chi connectivity index (χ1) is 12.5. The van der Waals surface area contributed by atoms with Crippen LogP contribution in [0.2, 0.25) is 5.02 Å². The molecule has 1 N–H and O–H groups in total. The van der Waals surface area contributed by atoms with Gasteiger partial charge in [-0.2, -0.15) is 0 Å². The zero-order valence-electron chi connectivity index (χ0n) is 14.7. The number of hydrogen-bond donors (Lipinski definition) is 1. The minimum absolute atomic E-state index is 0.0811. The van der Waals surface area contributed by atoms with Crippen molar-refractivity contribution in [3.05, 3.63) is 58.9 Å². The second-order valence-corrected chi connectivity index (χ2v) is 6.76. The number of amides is 1. The van der Waals surface area contributed by atoms with Gasteiger partial charge in [-0.1, -0.05) is 24.6 Å². The lowest BCUT2D eigenvalue weighted by molar-refractivity contribution is 0.102. The minimum atomic E-state index is -0.476. The number of piperidine rings is 1. The molecule has 138 valence electrons. The highest BCUT2D eigenvalue weighted by Crippen LogP contribution is 2.24. The fourth-order valence-corrected chi connectivity index (χ4v) is 3.31. The van der Waals surface area contributed by atoms with Gasteiger partial charge in [-0.05, 0) is 49.7 Å². The molecular formula is C20H22ClFN2O2. The van der Waals surface area contributed by atoms with Crippen molar-refractivity contribution in [2.45, 2.75) is 25.9 Å². The third kappa shape index (κ3) is 4.74. The maximum atomic E-state index is 13.1. The van der Waals surface area contributed by atoms with Crippen molar-refractivity contribution >= 4 is 23.2 Å². The summed E-state index contributed by atoms with van der Waals surface area (Å²) in [5.74, 6) is -0.137. The fourth-order valence-electron chi connectivity index (χ4n) is 3.06. The van der Waals surface area contributed by atoms with Crippen LogP contribution in [-0.2, 0) is 0 Å². The molecular weight excluding hydrogens is 355 g/mol. The predicted octanol–water partition coefficient (Wildman–Crippen LogP) is 4.59. The molecule has 1 fully saturated rings. The van der Waals surface area contributed by atoms with E-state index in [1.807, 2.05) is 12.1 Å². The van der Waals surface area contributed by atoms with Crippen LogP contribution in [0.1, 0.15) is 30.1 Å². The highest BCUT2D eigenvalue weighted by Gasteiger charge is 2.19. The summed E-state index contributed by atoms with van der Waals surface area (Å²) in [6.45, 7) is 5.32. The van der Waals surface area contributed by atoms with E-state index in [-0.39, 0.29) is 22.6 Å². The van der Waals surface area contributed by atoms with E-state index in [2.05, 4.69) is 17.1 Å². The van der Waals surface area contributed by atoms with Gasteiger partial charge in [0.2, 0.25) is 0 Å². The first-order valence-corrected chi connectivity index (χ1v) is 9.18. The van der Waals surface area contributed by atoms with E-state index in [0.717, 1.165) is 44.3 Å². The first-order valence-electron chi connectivity index (χ1n) is 8.80. The zero-order valence-corrected chi connectivity index (χ0v) is 15.4. The molecule has 1 amide bonds. The van der Waals surface area contributed by atoms with E-state index in [4.69, 9.17) is 16.3 Å². The van der Waals surface area contributed by atoms with Crippen LogP contribution >= 0.6 is 11.6 Å². The Morgan fingerprint density at radius 2 is 2.04 bits per heavy atom. The molecule has 0 unspecified atom stereocenters. The van der Waals surface area contributed by atoms with Gasteiger partial charge in [0.25, 0.3) is 5.91 Å². The molecule has 3 rings (SSSR count). The highest BCUT2D eigenvalue weighted by atomic mass is 35.5. The Balaban J connectivity index is 1.63. The summed E-state index contributed by atoms with van der Waals surface area (Å²) >= 11 is 5.94. The number of rotatable bonds is 5. The lowest BCUT2D eigenvalue weighted by Gasteiger charge is -2.31. The third-order valence-electron chi connectivity index (χ3n) is 4.55. The average Bonchev–Trinajstić information content (AvgIpc) is 2.62. The normalized spacial score (nSPS) is 15.7. The van der Waals surface area contributed by atoms with Crippen LogP contribution in [0.25, 0.3) is 0 Å². The summed E-state index contributed by atoms with van der Waals surface area (Å²) in [5.41, 5.74) is 0.838. The van der Waals surface area contributed by atoms with E-state index in [0.29, 0.717) is 5.69 Å². The second-order valence-electron chi connectivity index (χ2n) is 6.36. The van der Waals surface area contributed by atoms with Crippen LogP contribution in [0.15, 0.2) is 42.5 Å². The van der Waals surface area contributed by atoms with Gasteiger partial charge in [-0.15, -0.1) is 0 Å². The lowest BCUT2D eigenvalue weighted by atomic mass is 10.1. The molecule has 0 atom stereocenters. The Hall–Kier alpha value is -2.11. The maximum Gasteiger partial charge on any atom is 0.257 e. The van der Waals surface area contributed by atoms with Crippen molar-refractivity contribution in [2.24, 2.45) is 0 Å². The van der Waals surface area contributed by atoms with Gasteiger partial charge < -0.3 is 15.0 Å². The number of anilines is 1. The third-order valence-corrected chi connectivity index (χ3v) is 4.86. The van der Waals surface area contributed by atoms with Crippen LogP contribution in [0.4, 0.5) is 10.1 Å². The zero-order chi connectivity index (χ0) is 18.5.